The minimum absolute atomic E-state index is 0.176. The molecule has 3 aromatic carbocycles. The van der Waals surface area contributed by atoms with Gasteiger partial charge in [-0.2, -0.15) is 0 Å². The second kappa shape index (κ2) is 8.92. The molecule has 4 rings (SSSR count). The minimum atomic E-state index is -0.466. The summed E-state index contributed by atoms with van der Waals surface area (Å²) in [7, 11) is 0. The number of rotatable bonds is 5. The molecule has 2 N–H and O–H groups in total. The van der Waals surface area contributed by atoms with Gasteiger partial charge in [0.1, 0.15) is 5.70 Å². The van der Waals surface area contributed by atoms with Crippen LogP contribution < -0.4 is 15.5 Å². The normalized spacial score (nSPS) is 13.5. The average molecular weight is 460 g/mol. The van der Waals surface area contributed by atoms with Crippen LogP contribution in [0.15, 0.2) is 72.4 Å². The van der Waals surface area contributed by atoms with Crippen molar-refractivity contribution in [3.05, 3.63) is 94.1 Å². The summed E-state index contributed by atoms with van der Waals surface area (Å²) in [6, 6.07) is 19.5. The van der Waals surface area contributed by atoms with Gasteiger partial charge in [-0.25, -0.2) is 4.90 Å². The molecule has 0 aromatic heterocycles. The Morgan fingerprint density at radius 2 is 1.48 bits per heavy atom. The average Bonchev–Trinajstić information content (AvgIpc) is 3.01. The van der Waals surface area contributed by atoms with Gasteiger partial charge in [0.2, 0.25) is 5.91 Å². The number of halogens is 1. The van der Waals surface area contributed by atoms with E-state index in [1.165, 1.54) is 6.92 Å². The van der Waals surface area contributed by atoms with Crippen molar-refractivity contribution in [2.24, 2.45) is 0 Å². The van der Waals surface area contributed by atoms with Crippen molar-refractivity contribution in [1.82, 2.24) is 0 Å². The third kappa shape index (κ3) is 4.38. The van der Waals surface area contributed by atoms with E-state index in [-0.39, 0.29) is 17.2 Å². The quantitative estimate of drug-likeness (QED) is 0.507. The largest absolute Gasteiger partial charge is 0.350 e. The molecule has 0 fully saturated rings. The van der Waals surface area contributed by atoms with Crippen LogP contribution in [-0.2, 0) is 14.4 Å². The molecule has 0 bridgehead atoms. The van der Waals surface area contributed by atoms with Crippen LogP contribution in [0.2, 0.25) is 5.02 Å². The third-order valence-electron chi connectivity index (χ3n) is 5.38. The van der Waals surface area contributed by atoms with Crippen LogP contribution in [0, 0.1) is 13.8 Å². The van der Waals surface area contributed by atoms with Crippen molar-refractivity contribution in [3.63, 3.8) is 0 Å². The van der Waals surface area contributed by atoms with Crippen LogP contribution in [-0.4, -0.2) is 17.7 Å². The van der Waals surface area contributed by atoms with Crippen molar-refractivity contribution >= 4 is 52.0 Å². The first kappa shape index (κ1) is 22.3. The van der Waals surface area contributed by atoms with Crippen molar-refractivity contribution in [1.29, 1.82) is 0 Å². The van der Waals surface area contributed by atoms with E-state index >= 15 is 0 Å². The van der Waals surface area contributed by atoms with Crippen molar-refractivity contribution in [2.45, 2.75) is 20.8 Å². The lowest BCUT2D eigenvalue weighted by molar-refractivity contribution is -0.120. The first-order valence-corrected chi connectivity index (χ1v) is 10.7. The maximum Gasteiger partial charge on any atom is 0.282 e. The smallest absolute Gasteiger partial charge is 0.282 e. The fourth-order valence-electron chi connectivity index (χ4n) is 3.68. The predicted octanol–water partition coefficient (Wildman–Crippen LogP) is 5.31. The molecule has 3 aromatic rings. The van der Waals surface area contributed by atoms with E-state index in [4.69, 9.17) is 11.6 Å². The number of hydrogen-bond acceptors (Lipinski definition) is 4. The Morgan fingerprint density at radius 1 is 0.848 bits per heavy atom. The summed E-state index contributed by atoms with van der Waals surface area (Å²) in [6.07, 6.45) is 0. The van der Waals surface area contributed by atoms with Gasteiger partial charge in [-0.3, -0.25) is 14.4 Å². The Kier molecular flexibility index (Phi) is 6.03. The Bertz CT molecular complexity index is 1300. The second-order valence-corrected chi connectivity index (χ2v) is 8.24. The van der Waals surface area contributed by atoms with Crippen LogP contribution in [0.3, 0.4) is 0 Å². The molecule has 0 saturated carbocycles. The van der Waals surface area contributed by atoms with Crippen LogP contribution >= 0.6 is 11.6 Å². The number of nitrogens with one attached hydrogen (secondary N) is 2. The van der Waals surface area contributed by atoms with E-state index in [0.717, 1.165) is 10.5 Å². The second-order valence-electron chi connectivity index (χ2n) is 7.83. The Balaban J connectivity index is 1.78. The zero-order chi connectivity index (χ0) is 23.7. The van der Waals surface area contributed by atoms with Gasteiger partial charge < -0.3 is 10.6 Å². The van der Waals surface area contributed by atoms with E-state index in [2.05, 4.69) is 10.6 Å². The molecule has 1 aliphatic rings. The van der Waals surface area contributed by atoms with Crippen LogP contribution in [0.4, 0.5) is 17.1 Å². The fourth-order valence-corrected chi connectivity index (χ4v) is 3.84. The van der Waals surface area contributed by atoms with E-state index in [1.54, 1.807) is 49.4 Å². The maximum absolute atomic E-state index is 13.6. The maximum atomic E-state index is 13.6. The number of benzene rings is 3. The van der Waals surface area contributed by atoms with Gasteiger partial charge in [0.25, 0.3) is 11.8 Å². The molecule has 7 heteroatoms. The fraction of sp³-hybridized carbons (Fsp3) is 0.115. The molecule has 0 spiro atoms. The van der Waals surface area contributed by atoms with E-state index in [1.807, 2.05) is 31.2 Å². The Labute approximate surface area is 196 Å². The summed E-state index contributed by atoms with van der Waals surface area (Å²) in [5.74, 6) is -1.07. The molecule has 1 heterocycles. The Hall–Kier alpha value is -3.90. The zero-order valence-corrected chi connectivity index (χ0v) is 19.2. The summed E-state index contributed by atoms with van der Waals surface area (Å²) in [5, 5.41) is 6.29. The monoisotopic (exact) mass is 459 g/mol. The van der Waals surface area contributed by atoms with Crippen LogP contribution in [0.25, 0.3) is 5.57 Å². The number of aryl methyl sites for hydroxylation is 1. The number of anilines is 3. The predicted molar refractivity (Wildman–Crippen MR) is 131 cm³/mol. The van der Waals surface area contributed by atoms with Gasteiger partial charge in [-0.15, -0.1) is 0 Å². The lowest BCUT2D eigenvalue weighted by Crippen LogP contribution is -2.33. The van der Waals surface area contributed by atoms with E-state index in [9.17, 15) is 14.4 Å². The number of carbonyl (C=O) groups excluding carboxylic acids is 3. The summed E-state index contributed by atoms with van der Waals surface area (Å²) in [5.41, 5.74) is 4.46. The van der Waals surface area contributed by atoms with E-state index < -0.39 is 11.8 Å². The molecular formula is C26H22ClN3O3. The summed E-state index contributed by atoms with van der Waals surface area (Å²) >= 11 is 6.27. The molecule has 0 saturated heterocycles. The SMILES string of the molecule is CC(=O)Nc1ccc(NC2=C(c3ccc(C)cc3)C(=O)N(c3cccc(Cl)c3C)C2=O)cc1. The van der Waals surface area contributed by atoms with Gasteiger partial charge in [-0.1, -0.05) is 47.5 Å². The van der Waals surface area contributed by atoms with Crippen LogP contribution in [0.5, 0.6) is 0 Å². The first-order valence-electron chi connectivity index (χ1n) is 10.4. The Morgan fingerprint density at radius 3 is 2.12 bits per heavy atom. The summed E-state index contributed by atoms with van der Waals surface area (Å²) in [4.78, 5) is 39.5. The summed E-state index contributed by atoms with van der Waals surface area (Å²) < 4.78 is 0. The molecule has 3 amide bonds. The molecule has 0 aliphatic carbocycles. The molecule has 0 radical (unpaired) electrons. The lowest BCUT2D eigenvalue weighted by Gasteiger charge is -2.18. The highest BCUT2D eigenvalue weighted by Crippen LogP contribution is 2.36. The van der Waals surface area contributed by atoms with Gasteiger partial charge in [0.05, 0.1) is 11.3 Å². The molecule has 1 aliphatic heterocycles. The molecule has 0 atom stereocenters. The van der Waals surface area contributed by atoms with Crippen molar-refractivity contribution in [2.75, 3.05) is 15.5 Å². The molecule has 0 unspecified atom stereocenters. The lowest BCUT2D eigenvalue weighted by atomic mass is 10.0. The number of imide groups is 1. The number of nitrogens with zero attached hydrogens (tertiary/aromatic N) is 1. The zero-order valence-electron chi connectivity index (χ0n) is 18.4. The first-order chi connectivity index (χ1) is 15.8. The topological polar surface area (TPSA) is 78.5 Å². The number of carbonyl (C=O) groups is 3. The highest BCUT2D eigenvalue weighted by Gasteiger charge is 2.41. The van der Waals surface area contributed by atoms with Gasteiger partial charge in [0.15, 0.2) is 0 Å². The molecule has 166 valence electrons. The standard InChI is InChI=1S/C26H22ClN3O3/c1-15-7-9-18(10-8-15)23-24(29-20-13-11-19(12-14-20)28-17(3)31)26(33)30(25(23)32)22-6-4-5-21(27)16(22)2/h4-14,29H,1-3H3,(H,28,31). The van der Waals surface area contributed by atoms with Gasteiger partial charge in [0, 0.05) is 23.3 Å². The summed E-state index contributed by atoms with van der Waals surface area (Å²) in [6.45, 7) is 5.16. The van der Waals surface area contributed by atoms with Crippen molar-refractivity contribution in [3.8, 4) is 0 Å². The minimum Gasteiger partial charge on any atom is -0.350 e. The number of hydrogen-bond donors (Lipinski definition) is 2. The third-order valence-corrected chi connectivity index (χ3v) is 5.79. The van der Waals surface area contributed by atoms with Gasteiger partial charge in [-0.05, 0) is 61.4 Å². The molecule has 33 heavy (non-hydrogen) atoms. The van der Waals surface area contributed by atoms with Crippen LogP contribution in [0.1, 0.15) is 23.6 Å². The highest BCUT2D eigenvalue weighted by molar-refractivity contribution is 6.46. The number of amides is 3. The molecular weight excluding hydrogens is 438 g/mol. The van der Waals surface area contributed by atoms with E-state index in [0.29, 0.717) is 33.2 Å². The van der Waals surface area contributed by atoms with Gasteiger partial charge >= 0.3 is 0 Å². The van der Waals surface area contributed by atoms with Crippen molar-refractivity contribution < 1.29 is 14.4 Å². The molecule has 6 nitrogen and oxygen atoms in total. The highest BCUT2D eigenvalue weighted by atomic mass is 35.5.